The second-order valence-corrected chi connectivity index (χ2v) is 9.03. The van der Waals surface area contributed by atoms with Crippen molar-refractivity contribution in [1.82, 2.24) is 5.32 Å². The molecule has 2 atom stereocenters. The second-order valence-electron chi connectivity index (χ2n) is 9.03. The highest BCUT2D eigenvalue weighted by atomic mass is 16.5. The number of benzene rings is 4. The Hall–Kier alpha value is -3.63. The quantitative estimate of drug-likeness (QED) is 0.340. The number of hydrogen-bond acceptors (Lipinski definition) is 3. The summed E-state index contributed by atoms with van der Waals surface area (Å²) in [6.07, 6.45) is 1.86. The molecule has 4 aromatic rings. The Morgan fingerprint density at radius 1 is 0.971 bits per heavy atom. The van der Waals surface area contributed by atoms with E-state index in [4.69, 9.17) is 4.74 Å². The van der Waals surface area contributed by atoms with Crippen LogP contribution in [0.25, 0.3) is 10.8 Å². The molecule has 172 valence electrons. The van der Waals surface area contributed by atoms with Gasteiger partial charge in [0.25, 0.3) is 0 Å². The van der Waals surface area contributed by atoms with Gasteiger partial charge in [-0.3, -0.25) is 0 Å². The van der Waals surface area contributed by atoms with E-state index in [2.05, 4.69) is 53.8 Å². The van der Waals surface area contributed by atoms with Crippen LogP contribution in [0.5, 0.6) is 5.75 Å². The minimum absolute atomic E-state index is 0.0472. The average molecular weight is 452 g/mol. The van der Waals surface area contributed by atoms with Crippen molar-refractivity contribution in [2.45, 2.75) is 31.8 Å². The Morgan fingerprint density at radius 2 is 1.76 bits per heavy atom. The van der Waals surface area contributed by atoms with Crippen molar-refractivity contribution in [3.63, 3.8) is 0 Å². The zero-order valence-corrected chi connectivity index (χ0v) is 19.3. The molecule has 0 saturated carbocycles. The second kappa shape index (κ2) is 9.70. The number of ether oxygens (including phenoxy) is 1. The Morgan fingerprint density at radius 3 is 2.62 bits per heavy atom. The van der Waals surface area contributed by atoms with Gasteiger partial charge in [0, 0.05) is 18.0 Å². The lowest BCUT2D eigenvalue weighted by Gasteiger charge is -2.33. The van der Waals surface area contributed by atoms with Crippen LogP contribution in [-0.2, 0) is 6.42 Å². The molecule has 0 radical (unpaired) electrons. The third-order valence-corrected chi connectivity index (χ3v) is 6.80. The van der Waals surface area contributed by atoms with Gasteiger partial charge in [-0.2, -0.15) is 0 Å². The fourth-order valence-electron chi connectivity index (χ4n) is 5.11. The van der Waals surface area contributed by atoms with Gasteiger partial charge < -0.3 is 15.2 Å². The molecule has 0 fully saturated rings. The van der Waals surface area contributed by atoms with Crippen molar-refractivity contribution in [3.8, 4) is 5.75 Å². The molecule has 4 heteroatoms. The fraction of sp³-hybridized carbons (Fsp3) is 0.233. The lowest BCUT2D eigenvalue weighted by atomic mass is 9.82. The molecule has 0 aromatic heterocycles. The molecular formula is C30H29NO3. The Bertz CT molecular complexity index is 1320. The number of carboxylic acids is 1. The standard InChI is InChI=1S/C30H29NO3/c1-20-17-23(30(32)33)13-14-25(20)28-18-24(34-29-12-5-4-11-27(28)29)19-31-16-15-22-9-6-8-21-7-2-3-10-26(21)22/h2-14,17,24,28,31H,15-16,18-19H2,1H3,(H,32,33). The largest absolute Gasteiger partial charge is 0.489 e. The maximum Gasteiger partial charge on any atom is 0.335 e. The number of aryl methyl sites for hydroxylation is 1. The van der Waals surface area contributed by atoms with Crippen LogP contribution in [0.2, 0.25) is 0 Å². The number of hydrogen-bond donors (Lipinski definition) is 2. The zero-order chi connectivity index (χ0) is 23.5. The van der Waals surface area contributed by atoms with Gasteiger partial charge in [-0.05, 0) is 72.0 Å². The number of carbonyl (C=O) groups is 1. The van der Waals surface area contributed by atoms with E-state index < -0.39 is 5.97 Å². The molecule has 34 heavy (non-hydrogen) atoms. The smallest absolute Gasteiger partial charge is 0.335 e. The van der Waals surface area contributed by atoms with Crippen LogP contribution in [-0.4, -0.2) is 30.3 Å². The Kier molecular flexibility index (Phi) is 6.33. The van der Waals surface area contributed by atoms with Crippen LogP contribution >= 0.6 is 0 Å². The van der Waals surface area contributed by atoms with E-state index in [9.17, 15) is 9.90 Å². The highest BCUT2D eigenvalue weighted by molar-refractivity contribution is 5.88. The first kappa shape index (κ1) is 22.2. The maximum absolute atomic E-state index is 11.4. The van der Waals surface area contributed by atoms with E-state index in [0.29, 0.717) is 5.56 Å². The minimum atomic E-state index is -0.893. The highest BCUT2D eigenvalue weighted by Gasteiger charge is 2.30. The number of aromatic carboxylic acids is 1. The van der Waals surface area contributed by atoms with Gasteiger partial charge in [-0.25, -0.2) is 4.79 Å². The van der Waals surface area contributed by atoms with Crippen molar-refractivity contribution in [2.24, 2.45) is 0 Å². The lowest BCUT2D eigenvalue weighted by Crippen LogP contribution is -2.36. The van der Waals surface area contributed by atoms with E-state index in [1.807, 2.05) is 31.2 Å². The van der Waals surface area contributed by atoms with Gasteiger partial charge in [0.15, 0.2) is 0 Å². The summed E-state index contributed by atoms with van der Waals surface area (Å²) >= 11 is 0. The van der Waals surface area contributed by atoms with E-state index in [1.165, 1.54) is 27.5 Å². The normalized spacial score (nSPS) is 17.2. The van der Waals surface area contributed by atoms with Crippen LogP contribution in [0.1, 0.15) is 45.0 Å². The van der Waals surface area contributed by atoms with Gasteiger partial charge in [-0.15, -0.1) is 0 Å². The first-order chi connectivity index (χ1) is 16.6. The van der Waals surface area contributed by atoms with Crippen molar-refractivity contribution < 1.29 is 14.6 Å². The van der Waals surface area contributed by atoms with Crippen molar-refractivity contribution >= 4 is 16.7 Å². The van der Waals surface area contributed by atoms with Gasteiger partial charge in [0.2, 0.25) is 0 Å². The first-order valence-corrected chi connectivity index (χ1v) is 11.9. The van der Waals surface area contributed by atoms with Crippen LogP contribution in [0.15, 0.2) is 84.9 Å². The molecule has 0 spiro atoms. The van der Waals surface area contributed by atoms with Gasteiger partial charge >= 0.3 is 5.97 Å². The predicted octanol–water partition coefficient (Wildman–Crippen LogP) is 5.96. The van der Waals surface area contributed by atoms with Gasteiger partial charge in [0.1, 0.15) is 11.9 Å². The molecule has 0 bridgehead atoms. The van der Waals surface area contributed by atoms with Crippen molar-refractivity contribution in [3.05, 3.63) is 113 Å². The molecule has 0 amide bonds. The molecular weight excluding hydrogens is 422 g/mol. The van der Waals surface area contributed by atoms with Crippen LogP contribution in [0.3, 0.4) is 0 Å². The molecule has 4 nitrogen and oxygen atoms in total. The van der Waals surface area contributed by atoms with Crippen LogP contribution in [0.4, 0.5) is 0 Å². The van der Waals surface area contributed by atoms with E-state index in [1.54, 1.807) is 12.1 Å². The number of para-hydroxylation sites is 1. The molecule has 1 aliphatic rings. The Labute approximate surface area is 200 Å². The summed E-state index contributed by atoms with van der Waals surface area (Å²) in [6, 6.07) is 28.7. The molecule has 5 rings (SSSR count). The summed E-state index contributed by atoms with van der Waals surface area (Å²) in [5.41, 5.74) is 5.02. The summed E-state index contributed by atoms with van der Waals surface area (Å²) in [4.78, 5) is 11.4. The fourth-order valence-corrected chi connectivity index (χ4v) is 5.11. The SMILES string of the molecule is Cc1cc(C(=O)O)ccc1C1CC(CNCCc2cccc3ccccc23)Oc2ccccc21. The summed E-state index contributed by atoms with van der Waals surface area (Å²) in [7, 11) is 0. The molecule has 0 saturated heterocycles. The Balaban J connectivity index is 1.29. The van der Waals surface area contributed by atoms with Gasteiger partial charge in [0.05, 0.1) is 5.56 Å². The molecule has 0 aliphatic carbocycles. The molecule has 1 heterocycles. The summed E-state index contributed by atoms with van der Waals surface area (Å²) in [6.45, 7) is 3.64. The highest BCUT2D eigenvalue weighted by Crippen LogP contribution is 2.41. The summed E-state index contributed by atoms with van der Waals surface area (Å²) in [5.74, 6) is 0.203. The van der Waals surface area contributed by atoms with E-state index in [-0.39, 0.29) is 12.0 Å². The van der Waals surface area contributed by atoms with E-state index in [0.717, 1.165) is 37.2 Å². The lowest BCUT2D eigenvalue weighted by molar-refractivity contribution is 0.0696. The van der Waals surface area contributed by atoms with Gasteiger partial charge in [-0.1, -0.05) is 66.7 Å². The molecule has 4 aromatic carbocycles. The molecule has 2 N–H and O–H groups in total. The number of carboxylic acid groups (broad SMARTS) is 1. The third kappa shape index (κ3) is 4.55. The number of nitrogens with one attached hydrogen (secondary N) is 1. The summed E-state index contributed by atoms with van der Waals surface area (Å²) < 4.78 is 6.35. The average Bonchev–Trinajstić information content (AvgIpc) is 2.86. The van der Waals surface area contributed by atoms with Crippen molar-refractivity contribution in [1.29, 1.82) is 0 Å². The van der Waals surface area contributed by atoms with Crippen LogP contribution in [0, 0.1) is 6.92 Å². The minimum Gasteiger partial charge on any atom is -0.489 e. The topological polar surface area (TPSA) is 58.6 Å². The van der Waals surface area contributed by atoms with Crippen molar-refractivity contribution in [2.75, 3.05) is 13.1 Å². The van der Waals surface area contributed by atoms with Crippen LogP contribution < -0.4 is 10.1 Å². The third-order valence-electron chi connectivity index (χ3n) is 6.80. The summed E-state index contributed by atoms with van der Waals surface area (Å²) in [5, 5.41) is 15.5. The first-order valence-electron chi connectivity index (χ1n) is 11.9. The van der Waals surface area contributed by atoms with E-state index >= 15 is 0 Å². The predicted molar refractivity (Wildman–Crippen MR) is 136 cm³/mol. The monoisotopic (exact) mass is 451 g/mol. The number of fused-ring (bicyclic) bond motifs is 2. The number of rotatable bonds is 7. The maximum atomic E-state index is 11.4. The zero-order valence-electron chi connectivity index (χ0n) is 19.3. The molecule has 2 unspecified atom stereocenters. The molecule has 1 aliphatic heterocycles.